The van der Waals surface area contributed by atoms with Crippen LogP contribution in [-0.4, -0.2) is 0 Å². The average Bonchev–Trinajstić information content (AvgIpc) is 2.28. The van der Waals surface area contributed by atoms with E-state index in [0.717, 1.165) is 22.3 Å². The lowest BCUT2D eigenvalue weighted by atomic mass is 9.92. The van der Waals surface area contributed by atoms with E-state index in [2.05, 4.69) is 0 Å². The largest absolute Gasteiger partial charge is 0.324 e. The summed E-state index contributed by atoms with van der Waals surface area (Å²) >= 11 is 0. The molecule has 2 aromatic rings. The minimum Gasteiger partial charge on any atom is -0.324 e. The monoisotopic (exact) mass is 243 g/mol. The summed E-state index contributed by atoms with van der Waals surface area (Å²) in [6.07, 6.45) is 0. The summed E-state index contributed by atoms with van der Waals surface area (Å²) < 4.78 is 14.2. The Balaban J connectivity index is 2.70. The predicted octanol–water partition coefficient (Wildman–Crippen LogP) is 4.13. The second-order valence-electron chi connectivity index (χ2n) is 4.81. The first-order valence-electron chi connectivity index (χ1n) is 6.12. The van der Waals surface area contributed by atoms with Crippen LogP contribution in [0.3, 0.4) is 0 Å². The second kappa shape index (κ2) is 4.91. The molecule has 0 aromatic heterocycles. The molecule has 0 aliphatic rings. The summed E-state index contributed by atoms with van der Waals surface area (Å²) in [5.74, 6) is -0.180. The fourth-order valence-electron chi connectivity index (χ4n) is 2.38. The van der Waals surface area contributed by atoms with Crippen LogP contribution in [0.15, 0.2) is 36.4 Å². The highest BCUT2D eigenvalue weighted by molar-refractivity contribution is 5.72. The summed E-state index contributed by atoms with van der Waals surface area (Å²) in [6.45, 7) is 5.75. The third-order valence-electron chi connectivity index (χ3n) is 3.15. The maximum atomic E-state index is 14.2. The van der Waals surface area contributed by atoms with Gasteiger partial charge in [-0.3, -0.25) is 0 Å². The highest BCUT2D eigenvalue weighted by atomic mass is 19.1. The molecule has 0 saturated carbocycles. The first kappa shape index (κ1) is 12.8. The molecular weight excluding hydrogens is 225 g/mol. The van der Waals surface area contributed by atoms with Crippen molar-refractivity contribution in [2.24, 2.45) is 5.73 Å². The Hall–Kier alpha value is -1.67. The molecule has 1 unspecified atom stereocenters. The van der Waals surface area contributed by atoms with Gasteiger partial charge in [0.25, 0.3) is 0 Å². The van der Waals surface area contributed by atoms with E-state index in [9.17, 15) is 4.39 Å². The average molecular weight is 243 g/mol. The van der Waals surface area contributed by atoms with E-state index in [0.29, 0.717) is 5.56 Å². The van der Waals surface area contributed by atoms with Gasteiger partial charge in [0.15, 0.2) is 0 Å². The number of rotatable bonds is 2. The maximum absolute atomic E-state index is 14.2. The van der Waals surface area contributed by atoms with Crippen molar-refractivity contribution < 1.29 is 4.39 Å². The Labute approximate surface area is 107 Å². The molecule has 2 heteroatoms. The van der Waals surface area contributed by atoms with Crippen LogP contribution in [0.5, 0.6) is 0 Å². The highest BCUT2D eigenvalue weighted by Crippen LogP contribution is 2.32. The number of nitrogens with two attached hydrogens (primary N) is 1. The first-order chi connectivity index (χ1) is 8.50. The number of hydrogen-bond donors (Lipinski definition) is 1. The molecule has 2 N–H and O–H groups in total. The molecule has 2 rings (SSSR count). The molecule has 0 aliphatic carbocycles. The van der Waals surface area contributed by atoms with E-state index in [4.69, 9.17) is 5.73 Å². The van der Waals surface area contributed by atoms with Crippen molar-refractivity contribution in [2.45, 2.75) is 26.8 Å². The molecule has 2 aromatic carbocycles. The predicted molar refractivity (Wildman–Crippen MR) is 73.9 cm³/mol. The van der Waals surface area contributed by atoms with Gasteiger partial charge in [-0.25, -0.2) is 4.39 Å². The van der Waals surface area contributed by atoms with E-state index in [1.54, 1.807) is 6.07 Å². The second-order valence-corrected chi connectivity index (χ2v) is 4.81. The molecule has 0 saturated heterocycles. The lowest BCUT2D eigenvalue weighted by Crippen LogP contribution is -2.07. The molecular formula is C16H18FN. The van der Waals surface area contributed by atoms with Gasteiger partial charge in [0.2, 0.25) is 0 Å². The van der Waals surface area contributed by atoms with Crippen LogP contribution in [0, 0.1) is 19.7 Å². The first-order valence-corrected chi connectivity index (χ1v) is 6.12. The zero-order valence-corrected chi connectivity index (χ0v) is 11.0. The van der Waals surface area contributed by atoms with Gasteiger partial charge in [-0.05, 0) is 49.1 Å². The van der Waals surface area contributed by atoms with Crippen molar-refractivity contribution in [1.82, 2.24) is 0 Å². The quantitative estimate of drug-likeness (QED) is 0.843. The third-order valence-corrected chi connectivity index (χ3v) is 3.15. The van der Waals surface area contributed by atoms with Gasteiger partial charge in [0, 0.05) is 11.6 Å². The topological polar surface area (TPSA) is 26.0 Å². The van der Waals surface area contributed by atoms with E-state index < -0.39 is 0 Å². The van der Waals surface area contributed by atoms with Crippen LogP contribution in [0.2, 0.25) is 0 Å². The lowest BCUT2D eigenvalue weighted by molar-refractivity contribution is 0.628. The molecule has 0 radical (unpaired) electrons. The van der Waals surface area contributed by atoms with Gasteiger partial charge < -0.3 is 5.73 Å². The Morgan fingerprint density at radius 2 is 1.78 bits per heavy atom. The minimum atomic E-state index is -0.180. The zero-order valence-electron chi connectivity index (χ0n) is 11.0. The molecule has 1 nitrogen and oxygen atoms in total. The van der Waals surface area contributed by atoms with E-state index in [1.165, 1.54) is 0 Å². The van der Waals surface area contributed by atoms with Crippen molar-refractivity contribution >= 4 is 0 Å². The van der Waals surface area contributed by atoms with Crippen molar-refractivity contribution in [3.05, 3.63) is 58.9 Å². The molecule has 0 spiro atoms. The molecule has 0 amide bonds. The van der Waals surface area contributed by atoms with Crippen LogP contribution < -0.4 is 5.73 Å². The molecule has 18 heavy (non-hydrogen) atoms. The highest BCUT2D eigenvalue weighted by Gasteiger charge is 2.14. The normalized spacial score (nSPS) is 12.5. The van der Waals surface area contributed by atoms with Crippen molar-refractivity contribution in [2.75, 3.05) is 0 Å². The summed E-state index contributed by atoms with van der Waals surface area (Å²) in [5, 5.41) is 0. The minimum absolute atomic E-state index is 0.110. The van der Waals surface area contributed by atoms with Gasteiger partial charge in [0.1, 0.15) is 5.82 Å². The van der Waals surface area contributed by atoms with Crippen molar-refractivity contribution in [3.63, 3.8) is 0 Å². The molecule has 0 fully saturated rings. The van der Waals surface area contributed by atoms with Crippen LogP contribution in [0.4, 0.5) is 4.39 Å². The summed E-state index contributed by atoms with van der Waals surface area (Å²) in [5.41, 5.74) is 10.4. The smallest absolute Gasteiger partial charge is 0.131 e. The standard InChI is InChI=1S/C16H18FN/c1-10-8-11(2)16(15(17)9-10)14-7-5-4-6-13(14)12(3)18/h4-9,12H,18H2,1-3H3. The van der Waals surface area contributed by atoms with Crippen molar-refractivity contribution in [1.29, 1.82) is 0 Å². The summed E-state index contributed by atoms with van der Waals surface area (Å²) in [7, 11) is 0. The van der Waals surface area contributed by atoms with E-state index in [-0.39, 0.29) is 11.9 Å². The molecule has 1 atom stereocenters. The van der Waals surface area contributed by atoms with Crippen LogP contribution >= 0.6 is 0 Å². The Morgan fingerprint density at radius 1 is 1.11 bits per heavy atom. The zero-order chi connectivity index (χ0) is 13.3. The van der Waals surface area contributed by atoms with E-state index in [1.807, 2.05) is 51.1 Å². The Morgan fingerprint density at radius 3 is 2.39 bits per heavy atom. The maximum Gasteiger partial charge on any atom is 0.131 e. The van der Waals surface area contributed by atoms with E-state index >= 15 is 0 Å². The fourth-order valence-corrected chi connectivity index (χ4v) is 2.38. The lowest BCUT2D eigenvalue weighted by Gasteiger charge is -2.16. The third kappa shape index (κ3) is 2.29. The van der Waals surface area contributed by atoms with Gasteiger partial charge in [-0.2, -0.15) is 0 Å². The number of halogens is 1. The summed E-state index contributed by atoms with van der Waals surface area (Å²) in [4.78, 5) is 0. The van der Waals surface area contributed by atoms with Crippen LogP contribution in [0.25, 0.3) is 11.1 Å². The number of benzene rings is 2. The SMILES string of the molecule is Cc1cc(C)c(-c2ccccc2C(C)N)c(F)c1. The molecule has 0 heterocycles. The molecule has 0 aliphatic heterocycles. The van der Waals surface area contributed by atoms with Crippen molar-refractivity contribution in [3.8, 4) is 11.1 Å². The van der Waals surface area contributed by atoms with Gasteiger partial charge in [-0.15, -0.1) is 0 Å². The summed E-state index contributed by atoms with van der Waals surface area (Å²) in [6, 6.07) is 11.2. The number of hydrogen-bond acceptors (Lipinski definition) is 1. The number of aryl methyl sites for hydroxylation is 2. The van der Waals surface area contributed by atoms with Gasteiger partial charge in [-0.1, -0.05) is 30.3 Å². The Kier molecular flexibility index (Phi) is 3.48. The Bertz CT molecular complexity index is 550. The van der Waals surface area contributed by atoms with Gasteiger partial charge in [0.05, 0.1) is 0 Å². The van der Waals surface area contributed by atoms with Crippen LogP contribution in [0.1, 0.15) is 29.7 Å². The van der Waals surface area contributed by atoms with Crippen LogP contribution in [-0.2, 0) is 0 Å². The van der Waals surface area contributed by atoms with Gasteiger partial charge >= 0.3 is 0 Å². The molecule has 0 bridgehead atoms. The molecule has 94 valence electrons. The fraction of sp³-hybridized carbons (Fsp3) is 0.250.